The van der Waals surface area contributed by atoms with E-state index in [2.05, 4.69) is 9.97 Å². The van der Waals surface area contributed by atoms with Gasteiger partial charge in [-0.2, -0.15) is 0 Å². The van der Waals surface area contributed by atoms with Crippen molar-refractivity contribution in [3.05, 3.63) is 47.8 Å². The first-order chi connectivity index (χ1) is 12.0. The largest absolute Gasteiger partial charge is 0.371 e. The predicted molar refractivity (Wildman–Crippen MR) is 96.5 cm³/mol. The molecule has 25 heavy (non-hydrogen) atoms. The minimum Gasteiger partial charge on any atom is -0.371 e. The average molecular weight is 358 g/mol. The third-order valence-electron chi connectivity index (χ3n) is 4.76. The van der Waals surface area contributed by atoms with Crippen molar-refractivity contribution in [2.45, 2.75) is 30.8 Å². The summed E-state index contributed by atoms with van der Waals surface area (Å²) in [6.07, 6.45) is 4.67. The molecule has 0 N–H and O–H groups in total. The molecule has 2 aromatic rings. The van der Waals surface area contributed by atoms with Gasteiger partial charge in [-0.15, -0.1) is 11.8 Å². The van der Waals surface area contributed by atoms with Crippen molar-refractivity contribution >= 4 is 17.7 Å². The SMILES string of the molecule is Cc1cccc(COC2CSC3(C2)CN(C(=O)c2cn(C)cn2)C3)n1. The van der Waals surface area contributed by atoms with Crippen LogP contribution < -0.4 is 0 Å². The van der Waals surface area contributed by atoms with E-state index in [-0.39, 0.29) is 16.8 Å². The zero-order valence-electron chi connectivity index (χ0n) is 14.5. The quantitative estimate of drug-likeness (QED) is 0.837. The minimum atomic E-state index is 0.0279. The standard InChI is InChI=1S/C18H22N4O2S/c1-13-4-3-5-14(20-13)8-24-15-6-18(25-9-15)10-22(11-18)17(23)16-7-21(2)12-19-16/h3-5,7,12,15H,6,8-11H2,1-2H3. The number of carbonyl (C=O) groups is 1. The summed E-state index contributed by atoms with van der Waals surface area (Å²) in [5.41, 5.74) is 2.52. The summed E-state index contributed by atoms with van der Waals surface area (Å²) in [4.78, 5) is 22.9. The van der Waals surface area contributed by atoms with E-state index < -0.39 is 0 Å². The first kappa shape index (κ1) is 16.6. The van der Waals surface area contributed by atoms with Gasteiger partial charge in [-0.1, -0.05) is 6.07 Å². The van der Waals surface area contributed by atoms with Gasteiger partial charge >= 0.3 is 0 Å². The maximum Gasteiger partial charge on any atom is 0.274 e. The molecule has 4 rings (SSSR count). The van der Waals surface area contributed by atoms with Crippen LogP contribution in [0.1, 0.15) is 28.3 Å². The number of hydrogen-bond acceptors (Lipinski definition) is 5. The normalized spacial score (nSPS) is 21.5. The molecule has 0 aliphatic carbocycles. The summed E-state index contributed by atoms with van der Waals surface area (Å²) in [5, 5.41) is 0. The lowest BCUT2D eigenvalue weighted by atomic mass is 9.92. The second-order valence-corrected chi connectivity index (χ2v) is 8.48. The van der Waals surface area contributed by atoms with E-state index in [1.165, 1.54) is 0 Å². The van der Waals surface area contributed by atoms with Crippen LogP contribution in [0.2, 0.25) is 0 Å². The Hall–Kier alpha value is -1.86. The minimum absolute atomic E-state index is 0.0279. The van der Waals surface area contributed by atoms with E-state index >= 15 is 0 Å². The Morgan fingerprint density at radius 3 is 3.00 bits per heavy atom. The first-order valence-electron chi connectivity index (χ1n) is 8.48. The Bertz CT molecular complexity index is 785. The fourth-order valence-electron chi connectivity index (χ4n) is 3.49. The molecule has 2 fully saturated rings. The summed E-state index contributed by atoms with van der Waals surface area (Å²) < 4.78 is 8.02. The van der Waals surface area contributed by atoms with Crippen LogP contribution in [0, 0.1) is 6.92 Å². The van der Waals surface area contributed by atoms with Gasteiger partial charge in [0.05, 0.1) is 29.5 Å². The van der Waals surface area contributed by atoms with Gasteiger partial charge in [0, 0.05) is 37.8 Å². The maximum atomic E-state index is 12.4. The van der Waals surface area contributed by atoms with Gasteiger partial charge in [0.2, 0.25) is 0 Å². The van der Waals surface area contributed by atoms with Gasteiger partial charge in [0.15, 0.2) is 0 Å². The topological polar surface area (TPSA) is 60.2 Å². The molecule has 6 nitrogen and oxygen atoms in total. The lowest BCUT2D eigenvalue weighted by Crippen LogP contribution is -2.60. The fourth-order valence-corrected chi connectivity index (χ4v) is 5.04. The van der Waals surface area contributed by atoms with Gasteiger partial charge in [-0.05, 0) is 25.5 Å². The van der Waals surface area contributed by atoms with E-state index in [0.29, 0.717) is 12.3 Å². The number of rotatable bonds is 4. The molecule has 1 amide bonds. The highest BCUT2D eigenvalue weighted by molar-refractivity contribution is 8.01. The molecule has 2 saturated heterocycles. The molecule has 1 unspecified atom stereocenters. The van der Waals surface area contributed by atoms with Crippen molar-refractivity contribution in [2.75, 3.05) is 18.8 Å². The van der Waals surface area contributed by atoms with Gasteiger partial charge in [0.25, 0.3) is 5.91 Å². The zero-order chi connectivity index (χ0) is 17.4. The van der Waals surface area contributed by atoms with Crippen molar-refractivity contribution < 1.29 is 9.53 Å². The highest BCUT2D eigenvalue weighted by Crippen LogP contribution is 2.46. The first-order valence-corrected chi connectivity index (χ1v) is 9.47. The highest BCUT2D eigenvalue weighted by Gasteiger charge is 2.51. The Morgan fingerprint density at radius 2 is 2.28 bits per heavy atom. The van der Waals surface area contributed by atoms with Crippen molar-refractivity contribution in [2.24, 2.45) is 7.05 Å². The molecule has 2 aromatic heterocycles. The Kier molecular flexibility index (Phi) is 4.29. The average Bonchev–Trinajstić information content (AvgIpc) is 3.18. The highest BCUT2D eigenvalue weighted by atomic mass is 32.2. The molecule has 7 heteroatoms. The maximum absolute atomic E-state index is 12.4. The van der Waals surface area contributed by atoms with Crippen molar-refractivity contribution in [1.82, 2.24) is 19.4 Å². The number of pyridine rings is 1. The van der Waals surface area contributed by atoms with Crippen LogP contribution in [0.3, 0.4) is 0 Å². The third kappa shape index (κ3) is 3.43. The smallest absolute Gasteiger partial charge is 0.274 e. The number of aryl methyl sites for hydroxylation is 2. The van der Waals surface area contributed by atoms with Crippen LogP contribution in [-0.4, -0.2) is 55.0 Å². The number of imidazole rings is 1. The van der Waals surface area contributed by atoms with Gasteiger partial charge in [-0.25, -0.2) is 4.98 Å². The summed E-state index contributed by atoms with van der Waals surface area (Å²) in [7, 11) is 1.87. The fraction of sp³-hybridized carbons (Fsp3) is 0.500. The Morgan fingerprint density at radius 1 is 1.44 bits per heavy atom. The third-order valence-corrected chi connectivity index (χ3v) is 6.33. The van der Waals surface area contributed by atoms with E-state index in [0.717, 1.165) is 36.7 Å². The second-order valence-electron chi connectivity index (χ2n) is 6.99. The van der Waals surface area contributed by atoms with E-state index in [9.17, 15) is 4.79 Å². The van der Waals surface area contributed by atoms with Crippen LogP contribution >= 0.6 is 11.8 Å². The van der Waals surface area contributed by atoms with Gasteiger partial charge in [-0.3, -0.25) is 9.78 Å². The second kappa shape index (κ2) is 6.46. The van der Waals surface area contributed by atoms with Crippen LogP contribution in [0.15, 0.2) is 30.7 Å². The molecule has 0 aromatic carbocycles. The Labute approximate surface area is 151 Å². The number of amides is 1. The lowest BCUT2D eigenvalue weighted by molar-refractivity contribution is 0.0243. The van der Waals surface area contributed by atoms with Crippen LogP contribution in [0.5, 0.6) is 0 Å². The number of ether oxygens (including phenoxy) is 1. The van der Waals surface area contributed by atoms with Crippen LogP contribution in [0.25, 0.3) is 0 Å². The van der Waals surface area contributed by atoms with Crippen molar-refractivity contribution in [3.8, 4) is 0 Å². The van der Waals surface area contributed by atoms with Crippen molar-refractivity contribution in [3.63, 3.8) is 0 Å². The van der Waals surface area contributed by atoms with Gasteiger partial charge in [0.1, 0.15) is 5.69 Å². The monoisotopic (exact) mass is 358 g/mol. The summed E-state index contributed by atoms with van der Waals surface area (Å²) in [6.45, 7) is 4.12. The molecule has 0 bridgehead atoms. The summed E-state index contributed by atoms with van der Waals surface area (Å²) in [6, 6.07) is 6.01. The van der Waals surface area contributed by atoms with E-state index in [4.69, 9.17) is 4.74 Å². The van der Waals surface area contributed by atoms with Crippen molar-refractivity contribution in [1.29, 1.82) is 0 Å². The number of carbonyl (C=O) groups excluding carboxylic acids is 1. The molecule has 1 atom stereocenters. The molecule has 2 aliphatic heterocycles. The Balaban J connectivity index is 1.28. The number of likely N-dealkylation sites (tertiary alicyclic amines) is 1. The molecule has 1 spiro atoms. The number of hydrogen-bond donors (Lipinski definition) is 0. The van der Waals surface area contributed by atoms with Crippen LogP contribution in [-0.2, 0) is 18.4 Å². The van der Waals surface area contributed by atoms with E-state index in [1.54, 1.807) is 17.1 Å². The molecule has 4 heterocycles. The molecule has 0 saturated carbocycles. The molecule has 0 radical (unpaired) electrons. The zero-order valence-corrected chi connectivity index (χ0v) is 15.3. The number of aromatic nitrogens is 3. The summed E-state index contributed by atoms with van der Waals surface area (Å²) in [5.74, 6) is 1.01. The lowest BCUT2D eigenvalue weighted by Gasteiger charge is -2.47. The number of nitrogens with zero attached hydrogens (tertiary/aromatic N) is 4. The molecule has 132 valence electrons. The number of thioether (sulfide) groups is 1. The molecule has 2 aliphatic rings. The predicted octanol–water partition coefficient (Wildman–Crippen LogP) is 2.04. The van der Waals surface area contributed by atoms with E-state index in [1.807, 2.05) is 48.8 Å². The van der Waals surface area contributed by atoms with Gasteiger partial charge < -0.3 is 14.2 Å². The van der Waals surface area contributed by atoms with Crippen LogP contribution in [0.4, 0.5) is 0 Å². The molecular formula is C18H22N4O2S. The summed E-state index contributed by atoms with van der Waals surface area (Å²) >= 11 is 1.93. The molecular weight excluding hydrogens is 336 g/mol.